The Kier molecular flexibility index (Phi) is 16.3. The van der Waals surface area contributed by atoms with E-state index in [1.165, 1.54) is 0 Å². The minimum Gasteiger partial charge on any atom is -0.338 e. The molecule has 0 aromatic rings. The smallest absolute Gasteiger partial charge is 0.237 e. The van der Waals surface area contributed by atoms with Gasteiger partial charge in [-0.3, -0.25) is 39.0 Å². The Labute approximate surface area is 384 Å². The quantitative estimate of drug-likeness (QED) is 0.153. The van der Waals surface area contributed by atoms with Crippen LogP contribution in [0.1, 0.15) is 182 Å². The lowest BCUT2D eigenvalue weighted by Gasteiger charge is -2.57. The third-order valence-electron chi connectivity index (χ3n) is 18.1. The van der Waals surface area contributed by atoms with Crippen molar-refractivity contribution in [2.45, 2.75) is 250 Å². The van der Waals surface area contributed by atoms with Gasteiger partial charge >= 0.3 is 0 Å². The second-order valence-electron chi connectivity index (χ2n) is 26.4. The zero-order valence-corrected chi connectivity index (χ0v) is 45.0. The fraction of sp³-hybridized carbons (Fsp3) is 0.962. The van der Waals surface area contributed by atoms with Crippen molar-refractivity contribution < 1.29 is 9.59 Å². The van der Waals surface area contributed by atoms with Gasteiger partial charge in [-0.05, 0) is 224 Å². The van der Waals surface area contributed by atoms with Crippen molar-refractivity contribution in [3.63, 3.8) is 0 Å². The summed E-state index contributed by atoms with van der Waals surface area (Å²) in [5.41, 5.74) is 0.321. The number of carbonyl (C=O) groups is 2. The lowest BCUT2D eigenvalue weighted by Crippen LogP contribution is -2.65. The number of likely N-dealkylation sites (tertiary alicyclic amines) is 4. The summed E-state index contributed by atoms with van der Waals surface area (Å²) < 4.78 is 0. The highest BCUT2D eigenvalue weighted by Crippen LogP contribution is 2.43. The Balaban J connectivity index is 1.62. The van der Waals surface area contributed by atoms with Crippen LogP contribution in [0, 0.1) is 0 Å². The molecule has 4 aliphatic heterocycles. The van der Waals surface area contributed by atoms with Gasteiger partial charge in [-0.1, -0.05) is 0 Å². The number of Topliss-reactive ketones (excluding diaryl/α,β-unsaturated/α-hetero) is 1. The van der Waals surface area contributed by atoms with Crippen LogP contribution in [0.4, 0.5) is 0 Å². The van der Waals surface area contributed by atoms with E-state index in [1.54, 1.807) is 6.92 Å². The van der Waals surface area contributed by atoms with Gasteiger partial charge < -0.3 is 9.80 Å². The van der Waals surface area contributed by atoms with E-state index in [1.807, 2.05) is 0 Å². The summed E-state index contributed by atoms with van der Waals surface area (Å²) in [7, 11) is 11.4. The number of piperidine rings is 4. The Hall–Kier alpha value is -1.14. The Bertz CT molecular complexity index is 1460. The summed E-state index contributed by atoms with van der Waals surface area (Å²) in [4.78, 5) is 48.5. The summed E-state index contributed by atoms with van der Waals surface area (Å²) in [6, 6.07) is 1.33. The molecule has 4 heterocycles. The van der Waals surface area contributed by atoms with E-state index in [0.717, 1.165) is 90.4 Å². The molecule has 0 aliphatic carbocycles. The van der Waals surface area contributed by atoms with Crippen molar-refractivity contribution in [2.24, 2.45) is 0 Å². The standard InChI is InChI=1S/C52H102N8O2/c1-39(61)37-58(41-31-47(6,7)55(20)48(8,9)32-41)26-24-27-59(42-33-49(10,11)56(21)50(12,13)34-42)38-44(62)60(43-35-51(14,15)57(22)52(16,17)36-43)28-23-25-53(18)40-29-45(2,3)54(19)46(4,5)30-40/h40-43H,23-38H2,1-22H3. The first-order valence-electron chi connectivity index (χ1n) is 24.9. The highest BCUT2D eigenvalue weighted by Gasteiger charge is 2.49. The van der Waals surface area contributed by atoms with Gasteiger partial charge in [0, 0.05) is 88.1 Å². The first-order chi connectivity index (χ1) is 28.0. The van der Waals surface area contributed by atoms with Crippen molar-refractivity contribution >= 4 is 11.7 Å². The molecule has 4 fully saturated rings. The molecule has 0 N–H and O–H groups in total. The number of hydrogen-bond donors (Lipinski definition) is 0. The average Bonchev–Trinajstić information content (AvgIpc) is 3.10. The van der Waals surface area contributed by atoms with Gasteiger partial charge in [-0.15, -0.1) is 0 Å². The van der Waals surface area contributed by atoms with Gasteiger partial charge in [0.1, 0.15) is 5.78 Å². The number of rotatable bonds is 16. The van der Waals surface area contributed by atoms with Crippen molar-refractivity contribution in [1.82, 2.24) is 39.2 Å². The largest absolute Gasteiger partial charge is 0.338 e. The van der Waals surface area contributed by atoms with E-state index in [9.17, 15) is 4.79 Å². The van der Waals surface area contributed by atoms with E-state index >= 15 is 4.79 Å². The third-order valence-corrected chi connectivity index (χ3v) is 18.1. The molecule has 0 bridgehead atoms. The number of amides is 1. The van der Waals surface area contributed by atoms with Crippen molar-refractivity contribution in [3.8, 4) is 0 Å². The van der Waals surface area contributed by atoms with Crippen LogP contribution in [-0.2, 0) is 9.59 Å². The van der Waals surface area contributed by atoms with Gasteiger partial charge in [0.05, 0.1) is 13.1 Å². The molecule has 4 saturated heterocycles. The van der Waals surface area contributed by atoms with Crippen LogP contribution >= 0.6 is 0 Å². The lowest BCUT2D eigenvalue weighted by atomic mass is 9.76. The van der Waals surface area contributed by atoms with Crippen LogP contribution < -0.4 is 0 Å². The maximum Gasteiger partial charge on any atom is 0.237 e. The normalized spacial score (nSPS) is 27.3. The van der Waals surface area contributed by atoms with Gasteiger partial charge in [0.15, 0.2) is 0 Å². The number of nitrogens with zero attached hydrogens (tertiary/aromatic N) is 8. The van der Waals surface area contributed by atoms with E-state index in [-0.39, 0.29) is 62.2 Å². The molecule has 362 valence electrons. The Morgan fingerprint density at radius 3 is 1.02 bits per heavy atom. The summed E-state index contributed by atoms with van der Waals surface area (Å²) in [6.07, 6.45) is 10.3. The highest BCUT2D eigenvalue weighted by atomic mass is 16.2. The zero-order valence-electron chi connectivity index (χ0n) is 45.0. The molecule has 0 aromatic carbocycles. The monoisotopic (exact) mass is 871 g/mol. The maximum absolute atomic E-state index is 15.4. The topological polar surface area (TPSA) is 60.1 Å². The van der Waals surface area contributed by atoms with E-state index in [2.05, 4.69) is 185 Å². The number of hydrogen-bond acceptors (Lipinski definition) is 9. The van der Waals surface area contributed by atoms with E-state index in [0.29, 0.717) is 31.1 Å². The van der Waals surface area contributed by atoms with Crippen LogP contribution in [-0.4, -0.2) is 194 Å². The molecule has 0 saturated carbocycles. The van der Waals surface area contributed by atoms with Crippen LogP contribution in [0.3, 0.4) is 0 Å². The predicted molar refractivity (Wildman–Crippen MR) is 263 cm³/mol. The highest BCUT2D eigenvalue weighted by molar-refractivity contribution is 5.79. The van der Waals surface area contributed by atoms with Crippen molar-refractivity contribution in [1.29, 1.82) is 0 Å². The van der Waals surface area contributed by atoms with Crippen LogP contribution in [0.5, 0.6) is 0 Å². The van der Waals surface area contributed by atoms with Crippen molar-refractivity contribution in [2.75, 3.05) is 74.5 Å². The van der Waals surface area contributed by atoms with Crippen LogP contribution in [0.15, 0.2) is 0 Å². The molecule has 10 heteroatoms. The Morgan fingerprint density at radius 1 is 0.419 bits per heavy atom. The summed E-state index contributed by atoms with van der Waals surface area (Å²) >= 11 is 0. The molecule has 10 nitrogen and oxygen atoms in total. The molecule has 0 unspecified atom stereocenters. The van der Waals surface area contributed by atoms with Gasteiger partial charge in [-0.25, -0.2) is 0 Å². The van der Waals surface area contributed by atoms with Gasteiger partial charge in [0.25, 0.3) is 0 Å². The third kappa shape index (κ3) is 12.2. The van der Waals surface area contributed by atoms with Crippen molar-refractivity contribution in [3.05, 3.63) is 0 Å². The van der Waals surface area contributed by atoms with E-state index in [4.69, 9.17) is 0 Å². The molecule has 62 heavy (non-hydrogen) atoms. The molecule has 1 amide bonds. The lowest BCUT2D eigenvalue weighted by molar-refractivity contribution is -0.141. The molecule has 0 atom stereocenters. The second-order valence-corrected chi connectivity index (χ2v) is 26.4. The summed E-state index contributed by atoms with van der Waals surface area (Å²) in [5.74, 6) is 0.531. The molecular weight excluding hydrogens is 769 g/mol. The molecule has 0 spiro atoms. The maximum atomic E-state index is 15.4. The first kappa shape index (κ1) is 53.5. The van der Waals surface area contributed by atoms with Gasteiger partial charge in [-0.2, -0.15) is 0 Å². The second kappa shape index (κ2) is 18.9. The fourth-order valence-corrected chi connectivity index (χ4v) is 13.3. The number of ketones is 1. The fourth-order valence-electron chi connectivity index (χ4n) is 13.3. The molecule has 4 rings (SSSR count). The summed E-state index contributed by atoms with van der Waals surface area (Å²) in [6.45, 7) is 44.2. The minimum atomic E-state index is -0.0219. The SMILES string of the molecule is CC(=O)CN(CCCN(CC(=O)N(CCCN(C)C1CC(C)(C)N(C)C(C)(C)C1)C1CC(C)(C)N(C)C(C)(C)C1)C1CC(C)(C)N(C)C(C)(C)C1)C1CC(C)(C)N(C)C(C)(C)C1. The average molecular weight is 871 g/mol. The summed E-state index contributed by atoms with van der Waals surface area (Å²) in [5, 5.41) is 0. The van der Waals surface area contributed by atoms with Crippen LogP contribution in [0.2, 0.25) is 0 Å². The van der Waals surface area contributed by atoms with Gasteiger partial charge in [0.2, 0.25) is 5.91 Å². The molecule has 0 radical (unpaired) electrons. The molecule has 0 aromatic heterocycles. The van der Waals surface area contributed by atoms with E-state index < -0.39 is 0 Å². The minimum absolute atomic E-state index is 0.00298. The number of carbonyl (C=O) groups excluding carboxylic acids is 2. The Morgan fingerprint density at radius 2 is 0.694 bits per heavy atom. The predicted octanol–water partition coefficient (Wildman–Crippen LogP) is 8.33. The zero-order chi connectivity index (χ0) is 47.4. The first-order valence-corrected chi connectivity index (χ1v) is 24.9. The molecule has 4 aliphatic rings. The molecular formula is C52H102N8O2. The van der Waals surface area contributed by atoms with Crippen LogP contribution in [0.25, 0.3) is 0 Å².